The second kappa shape index (κ2) is 52.9. The third-order valence-corrected chi connectivity index (χ3v) is 11.8. The van der Waals surface area contributed by atoms with E-state index in [1.165, 1.54) is 173 Å². The van der Waals surface area contributed by atoms with Crippen molar-refractivity contribution in [3.8, 4) is 0 Å². The summed E-state index contributed by atoms with van der Waals surface area (Å²) < 4.78 is 10.7. The van der Waals surface area contributed by atoms with Crippen LogP contribution in [0.15, 0.2) is 60.8 Å². The molecule has 0 aliphatic carbocycles. The molecule has 0 saturated carbocycles. The lowest BCUT2D eigenvalue weighted by molar-refractivity contribution is -0.161. The van der Waals surface area contributed by atoms with Crippen molar-refractivity contribution < 1.29 is 24.2 Å². The van der Waals surface area contributed by atoms with E-state index >= 15 is 0 Å². The molecule has 0 fully saturated rings. The van der Waals surface area contributed by atoms with Gasteiger partial charge in [0, 0.05) is 12.8 Å². The van der Waals surface area contributed by atoms with Gasteiger partial charge in [-0.1, -0.05) is 242 Å². The zero-order valence-corrected chi connectivity index (χ0v) is 41.1. The molecule has 0 amide bonds. The Balaban J connectivity index is 3.48. The molecule has 5 heteroatoms. The van der Waals surface area contributed by atoms with Gasteiger partial charge in [0.25, 0.3) is 0 Å². The maximum atomic E-state index is 12.3. The Hall–Kier alpha value is -2.40. The molecule has 1 atom stereocenters. The van der Waals surface area contributed by atoms with Crippen LogP contribution in [0.1, 0.15) is 271 Å². The van der Waals surface area contributed by atoms with Crippen molar-refractivity contribution in [1.82, 2.24) is 0 Å². The summed E-state index contributed by atoms with van der Waals surface area (Å²) in [4.78, 5) is 24.5. The fourth-order valence-electron chi connectivity index (χ4n) is 7.78. The van der Waals surface area contributed by atoms with Gasteiger partial charge in [0.15, 0.2) is 6.10 Å². The van der Waals surface area contributed by atoms with E-state index in [0.29, 0.717) is 12.8 Å². The molecule has 0 aromatic heterocycles. The molecule has 0 radical (unpaired) electrons. The number of aliphatic hydroxyl groups excluding tert-OH is 1. The Labute approximate surface area is 385 Å². The standard InChI is InChI=1S/C57H102O5/c1-3-5-7-9-11-13-15-17-19-21-23-25-26-27-28-29-30-32-33-35-37-39-41-43-45-47-49-51-56(59)61-54-55(53-58)62-57(60)52-50-48-46-44-42-40-38-36-34-31-24-22-20-18-16-14-12-10-8-6-4-2/h6,8,12,14,18,20-21,23-24,31,55,58H,3-5,7,9-11,13,15-17,19,22,25-30,32-54H2,1-2H3/b8-6-,14-12-,20-18-,23-21-,31-24-. The van der Waals surface area contributed by atoms with Crippen molar-refractivity contribution in [1.29, 1.82) is 0 Å². The molecule has 0 bridgehead atoms. The van der Waals surface area contributed by atoms with E-state index in [2.05, 4.69) is 74.6 Å². The van der Waals surface area contributed by atoms with E-state index in [0.717, 1.165) is 70.6 Å². The highest BCUT2D eigenvalue weighted by Gasteiger charge is 2.16. The molecule has 0 aromatic rings. The van der Waals surface area contributed by atoms with Crippen molar-refractivity contribution >= 4 is 11.9 Å². The molecule has 0 rings (SSSR count). The minimum Gasteiger partial charge on any atom is -0.462 e. The summed E-state index contributed by atoms with van der Waals surface area (Å²) in [5.41, 5.74) is 0. The lowest BCUT2D eigenvalue weighted by Crippen LogP contribution is -2.28. The minimum absolute atomic E-state index is 0.0688. The Kier molecular flexibility index (Phi) is 50.9. The molecule has 0 saturated heterocycles. The number of aliphatic hydroxyl groups is 1. The number of allylic oxidation sites excluding steroid dienone is 10. The number of esters is 2. The number of carbonyl (C=O) groups is 2. The number of unbranched alkanes of at least 4 members (excludes halogenated alkanes) is 31. The molecule has 5 nitrogen and oxygen atoms in total. The third kappa shape index (κ3) is 50.2. The van der Waals surface area contributed by atoms with Crippen LogP contribution in [0.3, 0.4) is 0 Å². The Morgan fingerprint density at radius 1 is 0.387 bits per heavy atom. The largest absolute Gasteiger partial charge is 0.462 e. The maximum Gasteiger partial charge on any atom is 0.306 e. The number of ether oxygens (including phenoxy) is 2. The number of hydrogen-bond acceptors (Lipinski definition) is 5. The minimum atomic E-state index is -0.778. The molecule has 62 heavy (non-hydrogen) atoms. The lowest BCUT2D eigenvalue weighted by atomic mass is 10.0. The lowest BCUT2D eigenvalue weighted by Gasteiger charge is -2.15. The van der Waals surface area contributed by atoms with Gasteiger partial charge in [0.05, 0.1) is 6.61 Å². The smallest absolute Gasteiger partial charge is 0.306 e. The second-order valence-electron chi connectivity index (χ2n) is 17.9. The average Bonchev–Trinajstić information content (AvgIpc) is 3.28. The normalized spacial score (nSPS) is 12.6. The van der Waals surface area contributed by atoms with E-state index in [9.17, 15) is 14.7 Å². The number of carbonyl (C=O) groups excluding carboxylic acids is 2. The van der Waals surface area contributed by atoms with Crippen molar-refractivity contribution in [2.75, 3.05) is 13.2 Å². The van der Waals surface area contributed by atoms with E-state index in [1.807, 2.05) is 0 Å². The Morgan fingerprint density at radius 2 is 0.694 bits per heavy atom. The molecule has 1 unspecified atom stereocenters. The van der Waals surface area contributed by atoms with Crippen LogP contribution in [-0.4, -0.2) is 36.4 Å². The first-order valence-corrected chi connectivity index (χ1v) is 26.8. The molecular weight excluding hydrogens is 765 g/mol. The summed E-state index contributed by atoms with van der Waals surface area (Å²) in [6.07, 6.45) is 70.4. The van der Waals surface area contributed by atoms with Gasteiger partial charge in [0.2, 0.25) is 0 Å². The summed E-state index contributed by atoms with van der Waals surface area (Å²) in [5.74, 6) is -0.592. The predicted molar refractivity (Wildman–Crippen MR) is 270 cm³/mol. The fraction of sp³-hybridized carbons (Fsp3) is 0.789. The highest BCUT2D eigenvalue weighted by atomic mass is 16.6. The first kappa shape index (κ1) is 59.6. The van der Waals surface area contributed by atoms with Crippen LogP contribution >= 0.6 is 0 Å². The first-order valence-electron chi connectivity index (χ1n) is 26.8. The predicted octanol–water partition coefficient (Wildman–Crippen LogP) is 17.9. The highest BCUT2D eigenvalue weighted by molar-refractivity contribution is 5.70. The molecule has 0 aliphatic heterocycles. The quantitative estimate of drug-likeness (QED) is 0.0375. The molecule has 0 aromatic carbocycles. The van der Waals surface area contributed by atoms with Crippen LogP contribution in [0, 0.1) is 0 Å². The van der Waals surface area contributed by atoms with Crippen LogP contribution in [0.4, 0.5) is 0 Å². The second-order valence-corrected chi connectivity index (χ2v) is 17.9. The van der Waals surface area contributed by atoms with Crippen molar-refractivity contribution in [2.24, 2.45) is 0 Å². The average molecular weight is 867 g/mol. The molecule has 0 heterocycles. The van der Waals surface area contributed by atoms with Crippen LogP contribution in [0.25, 0.3) is 0 Å². The fourth-order valence-corrected chi connectivity index (χ4v) is 7.78. The van der Waals surface area contributed by atoms with Gasteiger partial charge in [-0.05, 0) is 77.0 Å². The molecule has 360 valence electrons. The maximum absolute atomic E-state index is 12.3. The Morgan fingerprint density at radius 3 is 1.06 bits per heavy atom. The monoisotopic (exact) mass is 867 g/mol. The van der Waals surface area contributed by atoms with Crippen molar-refractivity contribution in [3.63, 3.8) is 0 Å². The zero-order valence-electron chi connectivity index (χ0n) is 41.1. The topological polar surface area (TPSA) is 72.8 Å². The van der Waals surface area contributed by atoms with Crippen LogP contribution in [0.5, 0.6) is 0 Å². The first-order chi connectivity index (χ1) is 30.6. The van der Waals surface area contributed by atoms with Gasteiger partial charge in [-0.25, -0.2) is 0 Å². The summed E-state index contributed by atoms with van der Waals surface area (Å²) in [6.45, 7) is 4.05. The third-order valence-electron chi connectivity index (χ3n) is 11.8. The van der Waals surface area contributed by atoms with Gasteiger partial charge in [0.1, 0.15) is 6.61 Å². The molecular formula is C57H102O5. The number of hydrogen-bond donors (Lipinski definition) is 1. The van der Waals surface area contributed by atoms with Crippen molar-refractivity contribution in [3.05, 3.63) is 60.8 Å². The zero-order chi connectivity index (χ0) is 44.9. The summed E-state index contributed by atoms with van der Waals surface area (Å²) in [5, 5.41) is 9.64. The van der Waals surface area contributed by atoms with Gasteiger partial charge in [-0.15, -0.1) is 0 Å². The molecule has 0 spiro atoms. The summed E-state index contributed by atoms with van der Waals surface area (Å²) in [7, 11) is 0. The van der Waals surface area contributed by atoms with Crippen LogP contribution in [-0.2, 0) is 19.1 Å². The van der Waals surface area contributed by atoms with Gasteiger partial charge in [-0.3, -0.25) is 9.59 Å². The summed E-state index contributed by atoms with van der Waals surface area (Å²) >= 11 is 0. The van der Waals surface area contributed by atoms with Gasteiger partial charge >= 0.3 is 11.9 Å². The van der Waals surface area contributed by atoms with Gasteiger partial charge in [-0.2, -0.15) is 0 Å². The van der Waals surface area contributed by atoms with Crippen molar-refractivity contribution in [2.45, 2.75) is 277 Å². The van der Waals surface area contributed by atoms with E-state index in [4.69, 9.17) is 9.47 Å². The highest BCUT2D eigenvalue weighted by Crippen LogP contribution is 2.16. The van der Waals surface area contributed by atoms with E-state index in [-0.39, 0.29) is 25.2 Å². The SMILES string of the molecule is CC/C=C\C/C=C\C/C=C\C/C=C\CCCCCCCCCCC(=O)OC(CO)COC(=O)CCCCCCCCCCCCCCCCC/C=C\CCCCCCCCCC. The van der Waals surface area contributed by atoms with E-state index < -0.39 is 6.10 Å². The molecule has 1 N–H and O–H groups in total. The van der Waals surface area contributed by atoms with Crippen LogP contribution < -0.4 is 0 Å². The summed E-state index contributed by atoms with van der Waals surface area (Å²) in [6, 6.07) is 0. The number of rotatable bonds is 49. The van der Waals surface area contributed by atoms with Crippen LogP contribution in [0.2, 0.25) is 0 Å². The van der Waals surface area contributed by atoms with Gasteiger partial charge < -0.3 is 14.6 Å². The van der Waals surface area contributed by atoms with E-state index in [1.54, 1.807) is 0 Å². The molecule has 0 aliphatic rings. The Bertz CT molecular complexity index is 1070.